The maximum absolute atomic E-state index is 12.5. The first kappa shape index (κ1) is 21.3. The van der Waals surface area contributed by atoms with E-state index < -0.39 is 5.97 Å². The molecule has 3 rings (SSSR count). The lowest BCUT2D eigenvalue weighted by atomic mass is 10.1. The molecule has 2 N–H and O–H groups in total. The van der Waals surface area contributed by atoms with Crippen LogP contribution >= 0.6 is 11.8 Å². The molecule has 1 aliphatic heterocycles. The molecule has 0 fully saturated rings. The van der Waals surface area contributed by atoms with Gasteiger partial charge in [0, 0.05) is 5.56 Å². The Bertz CT molecular complexity index is 1060. The van der Waals surface area contributed by atoms with Crippen LogP contribution in [0.15, 0.2) is 63.7 Å². The molecule has 30 heavy (non-hydrogen) atoms. The molecule has 0 amide bonds. The van der Waals surface area contributed by atoms with Crippen LogP contribution in [0.25, 0.3) is 6.08 Å². The number of aliphatic hydroxyl groups is 1. The number of aliphatic hydroxyl groups excluding tert-OH is 1. The highest BCUT2D eigenvalue weighted by atomic mass is 32.2. The van der Waals surface area contributed by atoms with E-state index in [4.69, 9.17) is 14.2 Å². The van der Waals surface area contributed by atoms with E-state index in [-0.39, 0.29) is 28.7 Å². The lowest BCUT2D eigenvalue weighted by molar-refractivity contribution is -0.138. The Balaban J connectivity index is 2.10. The highest BCUT2D eigenvalue weighted by molar-refractivity contribution is 8.18. The highest BCUT2D eigenvalue weighted by Gasteiger charge is 2.33. The molecule has 2 aromatic carbocycles. The number of phenols is 1. The maximum Gasteiger partial charge on any atom is 0.344 e. The van der Waals surface area contributed by atoms with Crippen molar-refractivity contribution in [2.45, 2.75) is 6.92 Å². The van der Waals surface area contributed by atoms with Crippen LogP contribution in [-0.2, 0) is 9.53 Å². The van der Waals surface area contributed by atoms with Crippen molar-refractivity contribution < 1.29 is 29.2 Å². The van der Waals surface area contributed by atoms with Crippen molar-refractivity contribution >= 4 is 34.5 Å². The summed E-state index contributed by atoms with van der Waals surface area (Å²) < 4.78 is 15.6. The van der Waals surface area contributed by atoms with Gasteiger partial charge in [-0.05, 0) is 43.3 Å². The van der Waals surface area contributed by atoms with Crippen molar-refractivity contribution in [2.24, 2.45) is 4.99 Å². The van der Waals surface area contributed by atoms with Crippen LogP contribution in [0.1, 0.15) is 12.5 Å². The lowest BCUT2D eigenvalue weighted by Gasteiger charge is -2.06. The number of hydrogen-bond donors (Lipinski definition) is 2. The molecule has 0 unspecified atom stereocenters. The zero-order valence-corrected chi connectivity index (χ0v) is 17.5. The predicted octanol–water partition coefficient (Wildman–Crippen LogP) is 4.60. The number of benzene rings is 2. The normalized spacial score (nSPS) is 16.2. The average molecular weight is 427 g/mol. The first-order valence-corrected chi connectivity index (χ1v) is 9.89. The number of esters is 1. The fourth-order valence-corrected chi connectivity index (χ4v) is 3.76. The van der Waals surface area contributed by atoms with Crippen LogP contribution < -0.4 is 9.47 Å². The van der Waals surface area contributed by atoms with Crippen LogP contribution in [0.2, 0.25) is 0 Å². The lowest BCUT2D eigenvalue weighted by Crippen LogP contribution is -2.12. The van der Waals surface area contributed by atoms with Gasteiger partial charge in [0.25, 0.3) is 0 Å². The summed E-state index contributed by atoms with van der Waals surface area (Å²) in [5, 5.41) is 21.2. The molecular formula is C22H21NO6S. The molecule has 0 atom stereocenters. The summed E-state index contributed by atoms with van der Waals surface area (Å²) in [7, 11) is 3.04. The van der Waals surface area contributed by atoms with Gasteiger partial charge in [-0.25, -0.2) is 9.79 Å². The van der Waals surface area contributed by atoms with Gasteiger partial charge in [-0.3, -0.25) is 0 Å². The van der Waals surface area contributed by atoms with Crippen LogP contribution in [0, 0.1) is 0 Å². The fraction of sp³-hybridized carbons (Fsp3) is 0.182. The number of thioether (sulfide) groups is 1. The summed E-state index contributed by atoms with van der Waals surface area (Å²) in [6, 6.07) is 11.8. The smallest absolute Gasteiger partial charge is 0.344 e. The molecule has 0 radical (unpaired) electrons. The molecule has 1 heterocycles. The van der Waals surface area contributed by atoms with Crippen LogP contribution in [-0.4, -0.2) is 42.1 Å². The van der Waals surface area contributed by atoms with Gasteiger partial charge >= 0.3 is 5.97 Å². The molecule has 0 spiro atoms. The van der Waals surface area contributed by atoms with Crippen molar-refractivity contribution in [3.63, 3.8) is 0 Å². The first-order chi connectivity index (χ1) is 14.5. The molecule has 7 nitrogen and oxygen atoms in total. The number of nitrogens with zero attached hydrogens (tertiary/aromatic N) is 1. The topological polar surface area (TPSA) is 97.6 Å². The molecule has 1 aliphatic rings. The summed E-state index contributed by atoms with van der Waals surface area (Å²) in [4.78, 5) is 17.4. The number of phenolic OH excluding ortho intramolecular Hbond substituents is 1. The van der Waals surface area contributed by atoms with Gasteiger partial charge < -0.3 is 24.4 Å². The number of rotatable bonds is 6. The largest absolute Gasteiger partial charge is 0.507 e. The zero-order chi connectivity index (χ0) is 21.7. The minimum Gasteiger partial charge on any atom is -0.507 e. The molecule has 8 heteroatoms. The van der Waals surface area contributed by atoms with E-state index in [1.807, 2.05) is 0 Å². The Morgan fingerprint density at radius 3 is 2.60 bits per heavy atom. The monoisotopic (exact) mass is 427 g/mol. The van der Waals surface area contributed by atoms with Crippen molar-refractivity contribution in [3.05, 3.63) is 64.3 Å². The molecule has 0 aliphatic carbocycles. The minimum atomic E-state index is -0.686. The SMILES string of the molecule is CCOC(=O)C1=C(O)/C(=C\c2cc(OC)ccc2O)SC1=Nc1ccccc1OC. The molecule has 156 valence electrons. The molecular weight excluding hydrogens is 406 g/mol. The van der Waals surface area contributed by atoms with E-state index in [9.17, 15) is 15.0 Å². The molecule has 2 aromatic rings. The Morgan fingerprint density at radius 1 is 1.13 bits per heavy atom. The van der Waals surface area contributed by atoms with E-state index in [0.717, 1.165) is 11.8 Å². The summed E-state index contributed by atoms with van der Waals surface area (Å²) in [5.74, 6) is 0.115. The van der Waals surface area contributed by atoms with Gasteiger partial charge in [-0.1, -0.05) is 23.9 Å². The van der Waals surface area contributed by atoms with Gasteiger partial charge in [0.05, 0.1) is 25.7 Å². The number of carbonyl (C=O) groups excluding carboxylic acids is 1. The van der Waals surface area contributed by atoms with Crippen molar-refractivity contribution in [3.8, 4) is 17.2 Å². The second kappa shape index (κ2) is 9.41. The standard InChI is InChI=1S/C22H21NO6S/c1-4-29-22(26)19-20(25)18(12-13-11-14(27-2)9-10-16(13)24)30-21(19)23-15-7-5-6-8-17(15)28-3/h5-12,24-25H,4H2,1-3H3/b18-12+,23-21?. The number of para-hydroxylation sites is 2. The van der Waals surface area contributed by atoms with Crippen LogP contribution in [0.3, 0.4) is 0 Å². The zero-order valence-electron chi connectivity index (χ0n) is 16.7. The van der Waals surface area contributed by atoms with Gasteiger partial charge in [0.1, 0.15) is 39.3 Å². The van der Waals surface area contributed by atoms with E-state index in [0.29, 0.717) is 27.7 Å². The van der Waals surface area contributed by atoms with Gasteiger partial charge in [-0.15, -0.1) is 0 Å². The number of aromatic hydroxyl groups is 1. The number of hydrogen-bond acceptors (Lipinski definition) is 8. The van der Waals surface area contributed by atoms with Crippen molar-refractivity contribution in [1.82, 2.24) is 0 Å². The number of ether oxygens (including phenoxy) is 3. The quantitative estimate of drug-likeness (QED) is 0.650. The Kier molecular flexibility index (Phi) is 6.68. The predicted molar refractivity (Wildman–Crippen MR) is 117 cm³/mol. The molecule has 0 saturated heterocycles. The van der Waals surface area contributed by atoms with E-state index in [1.54, 1.807) is 49.4 Å². The van der Waals surface area contributed by atoms with Crippen molar-refractivity contribution in [1.29, 1.82) is 0 Å². The molecule has 0 saturated carbocycles. The Hall–Kier alpha value is -3.39. The summed E-state index contributed by atoms with van der Waals surface area (Å²) in [6.45, 7) is 1.83. The highest BCUT2D eigenvalue weighted by Crippen LogP contribution is 2.42. The summed E-state index contributed by atoms with van der Waals surface area (Å²) in [6.07, 6.45) is 1.56. The van der Waals surface area contributed by atoms with Crippen LogP contribution in [0.5, 0.6) is 17.2 Å². The van der Waals surface area contributed by atoms with E-state index in [1.165, 1.54) is 20.3 Å². The molecule has 0 bridgehead atoms. The maximum atomic E-state index is 12.5. The van der Waals surface area contributed by atoms with Crippen molar-refractivity contribution in [2.75, 3.05) is 20.8 Å². The third-order valence-corrected chi connectivity index (χ3v) is 5.22. The Labute approximate surface area is 178 Å². The van der Waals surface area contributed by atoms with Crippen LogP contribution in [0.4, 0.5) is 5.69 Å². The number of carbonyl (C=O) groups is 1. The van der Waals surface area contributed by atoms with Gasteiger partial charge in [0.2, 0.25) is 0 Å². The van der Waals surface area contributed by atoms with E-state index >= 15 is 0 Å². The van der Waals surface area contributed by atoms with E-state index in [2.05, 4.69) is 4.99 Å². The number of methoxy groups -OCH3 is 2. The first-order valence-electron chi connectivity index (χ1n) is 9.07. The third-order valence-electron chi connectivity index (χ3n) is 4.20. The average Bonchev–Trinajstić information content (AvgIpc) is 3.05. The third kappa shape index (κ3) is 4.44. The summed E-state index contributed by atoms with van der Waals surface area (Å²) in [5.41, 5.74) is 0.883. The molecule has 0 aromatic heterocycles. The second-order valence-electron chi connectivity index (χ2n) is 6.07. The fourth-order valence-electron chi connectivity index (χ4n) is 2.74. The van der Waals surface area contributed by atoms with Gasteiger partial charge in [0.15, 0.2) is 0 Å². The summed E-state index contributed by atoms with van der Waals surface area (Å²) >= 11 is 1.09. The number of aliphatic imine (C=N–C) groups is 1. The minimum absolute atomic E-state index is 0.00417. The Morgan fingerprint density at radius 2 is 1.90 bits per heavy atom. The van der Waals surface area contributed by atoms with Gasteiger partial charge in [-0.2, -0.15) is 0 Å². The second-order valence-corrected chi connectivity index (χ2v) is 7.10.